The van der Waals surface area contributed by atoms with Gasteiger partial charge in [-0.2, -0.15) is 8.78 Å². The third kappa shape index (κ3) is 9.67. The number of halogens is 3. The van der Waals surface area contributed by atoms with Crippen molar-refractivity contribution in [1.29, 1.82) is 0 Å². The van der Waals surface area contributed by atoms with Gasteiger partial charge >= 0.3 is 6.61 Å². The number of hydrogen-bond acceptors (Lipinski definition) is 4. The van der Waals surface area contributed by atoms with E-state index in [2.05, 4.69) is 20.4 Å². The van der Waals surface area contributed by atoms with Crippen molar-refractivity contribution in [1.82, 2.24) is 15.5 Å². The van der Waals surface area contributed by atoms with E-state index in [0.29, 0.717) is 30.4 Å². The lowest BCUT2D eigenvalue weighted by Crippen LogP contribution is -2.36. The Kier molecular flexibility index (Phi) is 12.4. The maximum atomic E-state index is 12.6. The van der Waals surface area contributed by atoms with E-state index in [4.69, 9.17) is 4.74 Å². The van der Waals surface area contributed by atoms with Crippen molar-refractivity contribution in [2.24, 2.45) is 4.99 Å². The molecule has 2 aromatic rings. The van der Waals surface area contributed by atoms with Crippen molar-refractivity contribution in [3.8, 4) is 11.5 Å². The Morgan fingerprint density at radius 1 is 1.12 bits per heavy atom. The highest BCUT2D eigenvalue weighted by atomic mass is 127. The van der Waals surface area contributed by atoms with E-state index in [1.807, 2.05) is 25.1 Å². The highest BCUT2D eigenvalue weighted by Crippen LogP contribution is 2.20. The summed E-state index contributed by atoms with van der Waals surface area (Å²) in [5.74, 6) is 1.11. The highest BCUT2D eigenvalue weighted by molar-refractivity contribution is 14.0. The lowest BCUT2D eigenvalue weighted by Gasteiger charge is -2.14. The van der Waals surface area contributed by atoms with Gasteiger partial charge in [-0.3, -0.25) is 4.79 Å². The van der Waals surface area contributed by atoms with Crippen LogP contribution in [0.1, 0.15) is 18.1 Å². The number of alkyl halides is 2. The number of benzene rings is 2. The molecular formula is C22H29F2IN4O3. The fourth-order valence-corrected chi connectivity index (χ4v) is 2.56. The monoisotopic (exact) mass is 562 g/mol. The van der Waals surface area contributed by atoms with Gasteiger partial charge in [0.1, 0.15) is 11.5 Å². The second-order valence-electron chi connectivity index (χ2n) is 6.76. The van der Waals surface area contributed by atoms with Crippen molar-refractivity contribution in [3.63, 3.8) is 0 Å². The Bertz CT molecular complexity index is 882. The molecule has 2 N–H and O–H groups in total. The van der Waals surface area contributed by atoms with Crippen LogP contribution in [-0.4, -0.2) is 50.6 Å². The number of amides is 1. The van der Waals surface area contributed by atoms with Crippen LogP contribution in [0, 0.1) is 0 Å². The summed E-state index contributed by atoms with van der Waals surface area (Å²) in [4.78, 5) is 17.7. The van der Waals surface area contributed by atoms with E-state index in [0.717, 1.165) is 5.56 Å². The van der Waals surface area contributed by atoms with Gasteiger partial charge in [0.2, 0.25) is 0 Å². The first-order chi connectivity index (χ1) is 14.9. The summed E-state index contributed by atoms with van der Waals surface area (Å²) in [7, 11) is 3.34. The molecule has 0 aromatic heterocycles. The zero-order valence-corrected chi connectivity index (χ0v) is 20.6. The number of aliphatic imine (C=N–C) groups is 1. The first-order valence-corrected chi connectivity index (χ1v) is 9.85. The van der Waals surface area contributed by atoms with Gasteiger partial charge in [0.05, 0.1) is 6.54 Å². The van der Waals surface area contributed by atoms with Crippen molar-refractivity contribution in [2.75, 3.05) is 27.2 Å². The quantitative estimate of drug-likeness (QED) is 0.263. The Labute approximate surface area is 204 Å². The van der Waals surface area contributed by atoms with Crippen LogP contribution in [0.5, 0.6) is 11.5 Å². The summed E-state index contributed by atoms with van der Waals surface area (Å²) < 4.78 is 35.3. The molecule has 0 aliphatic heterocycles. The Morgan fingerprint density at radius 3 is 2.56 bits per heavy atom. The molecule has 0 saturated heterocycles. The molecule has 0 atom stereocenters. The molecule has 0 saturated carbocycles. The Balaban J connectivity index is 0.00000512. The first kappa shape index (κ1) is 27.4. The van der Waals surface area contributed by atoms with Crippen LogP contribution in [0.15, 0.2) is 53.5 Å². The summed E-state index contributed by atoms with van der Waals surface area (Å²) in [6.45, 7) is 0.279. The molecule has 32 heavy (non-hydrogen) atoms. The molecule has 176 valence electrons. The zero-order chi connectivity index (χ0) is 22.6. The van der Waals surface area contributed by atoms with Gasteiger partial charge in [-0.05, 0) is 30.7 Å². The summed E-state index contributed by atoms with van der Waals surface area (Å²) >= 11 is 0. The number of nitrogens with one attached hydrogen (secondary N) is 2. The van der Waals surface area contributed by atoms with Gasteiger partial charge < -0.3 is 25.0 Å². The second-order valence-corrected chi connectivity index (χ2v) is 6.76. The van der Waals surface area contributed by atoms with Crippen LogP contribution in [-0.2, 0) is 17.9 Å². The topological polar surface area (TPSA) is 75.2 Å². The van der Waals surface area contributed by atoms with Crippen LogP contribution >= 0.6 is 24.0 Å². The highest BCUT2D eigenvalue weighted by Gasteiger charge is 2.10. The van der Waals surface area contributed by atoms with Gasteiger partial charge in [0.15, 0.2) is 12.6 Å². The Morgan fingerprint density at radius 2 is 1.88 bits per heavy atom. The fraction of sp³-hybridized carbons (Fsp3) is 0.364. The molecular weight excluding hydrogens is 533 g/mol. The minimum Gasteiger partial charge on any atom is -0.484 e. The molecule has 0 aliphatic rings. The van der Waals surface area contributed by atoms with Crippen molar-refractivity contribution in [3.05, 3.63) is 59.7 Å². The predicted octanol–water partition coefficient (Wildman–Crippen LogP) is 3.63. The largest absolute Gasteiger partial charge is 0.484 e. The number of ether oxygens (including phenoxy) is 2. The number of nitrogens with zero attached hydrogens (tertiary/aromatic N) is 2. The number of carbonyl (C=O) groups is 1. The first-order valence-electron chi connectivity index (χ1n) is 9.85. The lowest BCUT2D eigenvalue weighted by molar-refractivity contribution is -0.130. The van der Waals surface area contributed by atoms with Gasteiger partial charge in [0.25, 0.3) is 5.91 Å². The minimum absolute atomic E-state index is 0. The molecule has 0 radical (unpaired) electrons. The van der Waals surface area contributed by atoms with Gasteiger partial charge in [-0.25, -0.2) is 4.99 Å². The van der Waals surface area contributed by atoms with Gasteiger partial charge in [-0.15, -0.1) is 24.0 Å². The number of guanidine groups is 1. The average Bonchev–Trinajstić information content (AvgIpc) is 2.74. The van der Waals surface area contributed by atoms with Crippen LogP contribution in [0.3, 0.4) is 0 Å². The molecule has 0 aliphatic carbocycles. The number of rotatable bonds is 10. The maximum absolute atomic E-state index is 12.6. The zero-order valence-electron chi connectivity index (χ0n) is 18.3. The minimum atomic E-state index is -2.88. The number of likely N-dealkylation sites (N-methyl/N-ethyl adjacent to an activating group) is 1. The van der Waals surface area contributed by atoms with E-state index < -0.39 is 6.61 Å². The van der Waals surface area contributed by atoms with Gasteiger partial charge in [-0.1, -0.05) is 30.3 Å². The molecule has 0 unspecified atom stereocenters. The standard InChI is InChI=1S/C22H28F2N4O3.HI/c1-4-25-22(27-14-17-9-5-6-11-19(17)31-21(23)24)26-13-16-8-7-10-18(12-16)30-15-20(29)28(2)3;/h5-12,21H,4,13-15H2,1-3H3,(H2,25,26,27);1H. The third-order valence-electron chi connectivity index (χ3n) is 4.16. The predicted molar refractivity (Wildman–Crippen MR) is 131 cm³/mol. The van der Waals surface area contributed by atoms with Crippen molar-refractivity contribution in [2.45, 2.75) is 26.6 Å². The lowest BCUT2D eigenvalue weighted by atomic mass is 10.2. The third-order valence-corrected chi connectivity index (χ3v) is 4.16. The molecule has 0 fully saturated rings. The molecule has 2 rings (SSSR count). The van der Waals surface area contributed by atoms with E-state index in [9.17, 15) is 13.6 Å². The number of para-hydroxylation sites is 1. The SMILES string of the molecule is CCNC(=NCc1cccc(OCC(=O)N(C)C)c1)NCc1ccccc1OC(F)F.I. The summed E-state index contributed by atoms with van der Waals surface area (Å²) in [5, 5.41) is 6.24. The average molecular weight is 562 g/mol. The fourth-order valence-electron chi connectivity index (χ4n) is 2.56. The summed E-state index contributed by atoms with van der Waals surface area (Å²) in [6.07, 6.45) is 0. The van der Waals surface area contributed by atoms with Crippen LogP contribution in [0.2, 0.25) is 0 Å². The Hall–Kier alpha value is -2.63. The van der Waals surface area contributed by atoms with Crippen molar-refractivity contribution >= 4 is 35.8 Å². The van der Waals surface area contributed by atoms with E-state index in [1.54, 1.807) is 38.4 Å². The maximum Gasteiger partial charge on any atom is 0.387 e. The molecule has 10 heteroatoms. The van der Waals surface area contributed by atoms with Crippen LogP contribution in [0.25, 0.3) is 0 Å². The number of carbonyl (C=O) groups excluding carboxylic acids is 1. The van der Waals surface area contributed by atoms with E-state index in [1.165, 1.54) is 11.0 Å². The molecule has 1 amide bonds. The second kappa shape index (κ2) is 14.4. The molecule has 0 heterocycles. The van der Waals surface area contributed by atoms with Gasteiger partial charge in [0, 0.05) is 32.7 Å². The summed E-state index contributed by atoms with van der Waals surface area (Å²) in [5.41, 5.74) is 1.49. The van der Waals surface area contributed by atoms with E-state index in [-0.39, 0.29) is 48.8 Å². The smallest absolute Gasteiger partial charge is 0.387 e. The molecule has 0 bridgehead atoms. The molecule has 0 spiro atoms. The molecule has 7 nitrogen and oxygen atoms in total. The number of hydrogen-bond donors (Lipinski definition) is 2. The van der Waals surface area contributed by atoms with Crippen molar-refractivity contribution < 1.29 is 23.0 Å². The van der Waals surface area contributed by atoms with Crippen LogP contribution in [0.4, 0.5) is 8.78 Å². The normalized spacial score (nSPS) is 10.9. The van der Waals surface area contributed by atoms with E-state index >= 15 is 0 Å². The van der Waals surface area contributed by atoms with Crippen LogP contribution < -0.4 is 20.1 Å². The molecule has 2 aromatic carbocycles. The summed E-state index contributed by atoms with van der Waals surface area (Å²) in [6, 6.07) is 13.9.